The van der Waals surface area contributed by atoms with E-state index in [1.165, 1.54) is 11.1 Å². The fraction of sp³-hybridized carbons (Fsp3) is 0.188. The number of halogens is 2. The molecule has 3 nitrogen and oxygen atoms in total. The van der Waals surface area contributed by atoms with Crippen molar-refractivity contribution in [2.75, 3.05) is 5.32 Å². The van der Waals surface area contributed by atoms with Crippen LogP contribution < -0.4 is 10.6 Å². The fourth-order valence-electron chi connectivity index (χ4n) is 2.60. The van der Waals surface area contributed by atoms with Crippen molar-refractivity contribution in [2.45, 2.75) is 18.9 Å². The van der Waals surface area contributed by atoms with Crippen LogP contribution in [-0.2, 0) is 12.8 Å². The third-order valence-corrected chi connectivity index (χ3v) is 3.56. The zero-order valence-corrected chi connectivity index (χ0v) is 11.2. The molecule has 1 aliphatic rings. The Kier molecular flexibility index (Phi) is 3.56. The van der Waals surface area contributed by atoms with Gasteiger partial charge in [-0.15, -0.1) is 0 Å². The molecule has 21 heavy (non-hydrogen) atoms. The molecule has 2 amide bonds. The van der Waals surface area contributed by atoms with Crippen LogP contribution in [0.1, 0.15) is 11.1 Å². The number of amides is 2. The molecule has 0 saturated carbocycles. The lowest BCUT2D eigenvalue weighted by atomic mass is 10.1. The predicted octanol–water partition coefficient (Wildman–Crippen LogP) is 3.25. The SMILES string of the molecule is O=C(Nc1cc(F)ccc1F)NC1Cc2ccccc2C1. The molecule has 0 aromatic heterocycles. The van der Waals surface area contributed by atoms with Crippen LogP contribution in [0.4, 0.5) is 19.3 Å². The number of carbonyl (C=O) groups is 1. The molecule has 0 radical (unpaired) electrons. The quantitative estimate of drug-likeness (QED) is 0.875. The lowest BCUT2D eigenvalue weighted by Crippen LogP contribution is -2.38. The van der Waals surface area contributed by atoms with Crippen molar-refractivity contribution in [1.82, 2.24) is 5.32 Å². The molecule has 0 unspecified atom stereocenters. The summed E-state index contributed by atoms with van der Waals surface area (Å²) in [6.07, 6.45) is 1.49. The van der Waals surface area contributed by atoms with E-state index in [4.69, 9.17) is 0 Å². The van der Waals surface area contributed by atoms with Crippen LogP contribution in [0.25, 0.3) is 0 Å². The fourth-order valence-corrected chi connectivity index (χ4v) is 2.60. The van der Waals surface area contributed by atoms with Crippen molar-refractivity contribution in [3.8, 4) is 0 Å². The number of benzene rings is 2. The Morgan fingerprint density at radius 3 is 2.38 bits per heavy atom. The molecule has 1 aliphatic carbocycles. The van der Waals surface area contributed by atoms with Crippen LogP contribution in [0, 0.1) is 11.6 Å². The first-order chi connectivity index (χ1) is 10.1. The minimum absolute atomic E-state index is 0.0287. The van der Waals surface area contributed by atoms with Crippen LogP contribution in [0.5, 0.6) is 0 Å². The highest BCUT2D eigenvalue weighted by Gasteiger charge is 2.22. The van der Waals surface area contributed by atoms with E-state index in [2.05, 4.69) is 10.6 Å². The first kappa shape index (κ1) is 13.5. The summed E-state index contributed by atoms with van der Waals surface area (Å²) in [6.45, 7) is 0. The summed E-state index contributed by atoms with van der Waals surface area (Å²) >= 11 is 0. The van der Waals surface area contributed by atoms with Gasteiger partial charge in [0.25, 0.3) is 0 Å². The van der Waals surface area contributed by atoms with Crippen molar-refractivity contribution in [3.05, 3.63) is 65.2 Å². The van der Waals surface area contributed by atoms with E-state index in [9.17, 15) is 13.6 Å². The molecule has 3 rings (SSSR count). The van der Waals surface area contributed by atoms with Crippen LogP contribution in [-0.4, -0.2) is 12.1 Å². The van der Waals surface area contributed by atoms with Gasteiger partial charge in [0.1, 0.15) is 11.6 Å². The van der Waals surface area contributed by atoms with Gasteiger partial charge in [-0.1, -0.05) is 24.3 Å². The number of carbonyl (C=O) groups excluding carboxylic acids is 1. The number of hydrogen-bond donors (Lipinski definition) is 2. The predicted molar refractivity (Wildman–Crippen MR) is 76.2 cm³/mol. The molecule has 0 atom stereocenters. The van der Waals surface area contributed by atoms with Gasteiger partial charge in [-0.25, -0.2) is 13.6 Å². The Balaban J connectivity index is 1.62. The van der Waals surface area contributed by atoms with Gasteiger partial charge in [0.05, 0.1) is 5.69 Å². The van der Waals surface area contributed by atoms with Gasteiger partial charge in [-0.2, -0.15) is 0 Å². The minimum atomic E-state index is -0.666. The van der Waals surface area contributed by atoms with E-state index in [1.807, 2.05) is 24.3 Å². The van der Waals surface area contributed by atoms with Crippen molar-refractivity contribution < 1.29 is 13.6 Å². The smallest absolute Gasteiger partial charge is 0.319 e. The number of rotatable bonds is 2. The summed E-state index contributed by atoms with van der Waals surface area (Å²) in [4.78, 5) is 11.9. The van der Waals surface area contributed by atoms with Gasteiger partial charge in [-0.05, 0) is 36.1 Å². The molecule has 0 bridgehead atoms. The van der Waals surface area contributed by atoms with Crippen LogP contribution >= 0.6 is 0 Å². The van der Waals surface area contributed by atoms with E-state index < -0.39 is 17.7 Å². The Labute approximate surface area is 121 Å². The largest absolute Gasteiger partial charge is 0.334 e. The molecule has 2 aromatic carbocycles. The van der Waals surface area contributed by atoms with Crippen LogP contribution in [0.2, 0.25) is 0 Å². The summed E-state index contributed by atoms with van der Waals surface area (Å²) in [5.74, 6) is -1.26. The number of anilines is 1. The Morgan fingerprint density at radius 2 is 1.71 bits per heavy atom. The highest BCUT2D eigenvalue weighted by Crippen LogP contribution is 2.22. The van der Waals surface area contributed by atoms with E-state index in [1.54, 1.807) is 0 Å². The molecule has 0 aliphatic heterocycles. The summed E-state index contributed by atoms with van der Waals surface area (Å²) < 4.78 is 26.5. The molecule has 0 heterocycles. The average molecular weight is 288 g/mol. The lowest BCUT2D eigenvalue weighted by molar-refractivity contribution is 0.248. The van der Waals surface area contributed by atoms with Crippen molar-refractivity contribution in [1.29, 1.82) is 0 Å². The van der Waals surface area contributed by atoms with Gasteiger partial charge < -0.3 is 10.6 Å². The van der Waals surface area contributed by atoms with E-state index in [-0.39, 0.29) is 11.7 Å². The highest BCUT2D eigenvalue weighted by molar-refractivity contribution is 5.89. The first-order valence-electron chi connectivity index (χ1n) is 6.71. The van der Waals surface area contributed by atoms with E-state index in [0.717, 1.165) is 31.0 Å². The Bertz CT molecular complexity index is 663. The molecule has 108 valence electrons. The third-order valence-electron chi connectivity index (χ3n) is 3.56. The molecule has 5 heteroatoms. The standard InChI is InChI=1S/C16H14F2N2O/c17-12-5-6-14(18)15(9-12)20-16(21)19-13-7-10-3-1-2-4-11(10)8-13/h1-6,9,13H,7-8H2,(H2,19,20,21). The summed E-state index contributed by atoms with van der Waals surface area (Å²) in [5, 5.41) is 5.12. The van der Waals surface area contributed by atoms with Gasteiger partial charge in [0, 0.05) is 12.1 Å². The summed E-state index contributed by atoms with van der Waals surface area (Å²) in [6, 6.07) is 10.4. The molecule has 2 N–H and O–H groups in total. The van der Waals surface area contributed by atoms with Gasteiger partial charge in [0.2, 0.25) is 0 Å². The molecule has 0 fully saturated rings. The van der Waals surface area contributed by atoms with E-state index >= 15 is 0 Å². The molecular formula is C16H14F2N2O. The van der Waals surface area contributed by atoms with Crippen molar-refractivity contribution in [2.24, 2.45) is 0 Å². The number of fused-ring (bicyclic) bond motifs is 1. The molecular weight excluding hydrogens is 274 g/mol. The van der Waals surface area contributed by atoms with Crippen molar-refractivity contribution >= 4 is 11.7 Å². The van der Waals surface area contributed by atoms with E-state index in [0.29, 0.717) is 0 Å². The molecule has 2 aromatic rings. The topological polar surface area (TPSA) is 41.1 Å². The second kappa shape index (κ2) is 5.52. The Hall–Kier alpha value is -2.43. The second-order valence-electron chi connectivity index (χ2n) is 5.10. The normalized spacial score (nSPS) is 13.8. The average Bonchev–Trinajstić information content (AvgIpc) is 2.84. The monoisotopic (exact) mass is 288 g/mol. The van der Waals surface area contributed by atoms with Crippen molar-refractivity contribution in [3.63, 3.8) is 0 Å². The maximum Gasteiger partial charge on any atom is 0.319 e. The lowest BCUT2D eigenvalue weighted by Gasteiger charge is -2.13. The second-order valence-corrected chi connectivity index (χ2v) is 5.10. The third kappa shape index (κ3) is 3.02. The maximum atomic E-state index is 13.4. The van der Waals surface area contributed by atoms with Gasteiger partial charge in [-0.3, -0.25) is 0 Å². The van der Waals surface area contributed by atoms with Crippen LogP contribution in [0.3, 0.4) is 0 Å². The highest BCUT2D eigenvalue weighted by atomic mass is 19.1. The zero-order chi connectivity index (χ0) is 14.8. The Morgan fingerprint density at radius 1 is 1.05 bits per heavy atom. The summed E-state index contributed by atoms with van der Waals surface area (Å²) in [7, 11) is 0. The first-order valence-corrected chi connectivity index (χ1v) is 6.71. The van der Waals surface area contributed by atoms with Crippen LogP contribution in [0.15, 0.2) is 42.5 Å². The number of hydrogen-bond acceptors (Lipinski definition) is 1. The molecule has 0 saturated heterocycles. The maximum absolute atomic E-state index is 13.4. The minimum Gasteiger partial charge on any atom is -0.334 e. The zero-order valence-electron chi connectivity index (χ0n) is 11.2. The number of nitrogens with one attached hydrogen (secondary N) is 2. The number of urea groups is 1. The summed E-state index contributed by atoms with van der Waals surface area (Å²) in [5.41, 5.74) is 2.25. The molecule has 0 spiro atoms. The van der Waals surface area contributed by atoms with Gasteiger partial charge >= 0.3 is 6.03 Å². The van der Waals surface area contributed by atoms with Gasteiger partial charge in [0.15, 0.2) is 0 Å².